The molecule has 2 N–H and O–H groups in total. The largest absolute Gasteiger partial charge is 0.380 e. The SMILES string of the molecule is Fc1ccc(NCc2c[nH]c3ncccc23)c(I)c1. The van der Waals surface area contributed by atoms with E-state index in [9.17, 15) is 4.39 Å². The van der Waals surface area contributed by atoms with E-state index in [1.54, 1.807) is 12.3 Å². The molecule has 19 heavy (non-hydrogen) atoms. The highest BCUT2D eigenvalue weighted by molar-refractivity contribution is 14.1. The average molecular weight is 367 g/mol. The number of aromatic amines is 1. The Morgan fingerprint density at radius 3 is 3.05 bits per heavy atom. The zero-order valence-corrected chi connectivity index (χ0v) is 12.1. The fourth-order valence-electron chi connectivity index (χ4n) is 1.98. The van der Waals surface area contributed by atoms with Crippen LogP contribution in [0, 0.1) is 9.39 Å². The van der Waals surface area contributed by atoms with Gasteiger partial charge in [-0.2, -0.15) is 0 Å². The zero-order chi connectivity index (χ0) is 13.2. The Morgan fingerprint density at radius 1 is 1.32 bits per heavy atom. The van der Waals surface area contributed by atoms with E-state index < -0.39 is 0 Å². The summed E-state index contributed by atoms with van der Waals surface area (Å²) in [7, 11) is 0. The molecule has 3 nitrogen and oxygen atoms in total. The number of hydrogen-bond acceptors (Lipinski definition) is 2. The number of rotatable bonds is 3. The van der Waals surface area contributed by atoms with Crippen LogP contribution < -0.4 is 5.32 Å². The van der Waals surface area contributed by atoms with Crippen molar-refractivity contribution < 1.29 is 4.39 Å². The van der Waals surface area contributed by atoms with E-state index in [-0.39, 0.29) is 5.82 Å². The number of halogens is 2. The van der Waals surface area contributed by atoms with Crippen molar-refractivity contribution in [3.63, 3.8) is 0 Å². The predicted octanol–water partition coefficient (Wildman–Crippen LogP) is 3.92. The molecular weight excluding hydrogens is 356 g/mol. The van der Waals surface area contributed by atoms with Gasteiger partial charge in [-0.05, 0) is 58.5 Å². The summed E-state index contributed by atoms with van der Waals surface area (Å²) >= 11 is 2.12. The molecule has 0 atom stereocenters. The smallest absolute Gasteiger partial charge is 0.137 e. The Balaban J connectivity index is 1.82. The van der Waals surface area contributed by atoms with Crippen LogP contribution >= 0.6 is 22.6 Å². The molecule has 0 aliphatic heterocycles. The summed E-state index contributed by atoms with van der Waals surface area (Å²) in [5.74, 6) is -0.216. The predicted molar refractivity (Wildman–Crippen MR) is 82.5 cm³/mol. The molecule has 0 aliphatic rings. The third-order valence-corrected chi connectivity index (χ3v) is 3.83. The Labute approximate surface area is 123 Å². The Morgan fingerprint density at radius 2 is 2.21 bits per heavy atom. The van der Waals surface area contributed by atoms with E-state index in [1.807, 2.05) is 18.3 Å². The van der Waals surface area contributed by atoms with Crippen LogP contribution in [-0.2, 0) is 6.54 Å². The van der Waals surface area contributed by atoms with Gasteiger partial charge in [0.25, 0.3) is 0 Å². The molecule has 0 saturated heterocycles. The van der Waals surface area contributed by atoms with Crippen molar-refractivity contribution >= 4 is 39.3 Å². The summed E-state index contributed by atoms with van der Waals surface area (Å²) in [5.41, 5.74) is 2.96. The second-order valence-electron chi connectivity index (χ2n) is 4.19. The normalized spacial score (nSPS) is 10.8. The first-order chi connectivity index (χ1) is 9.24. The number of nitrogens with one attached hydrogen (secondary N) is 2. The quantitative estimate of drug-likeness (QED) is 0.689. The summed E-state index contributed by atoms with van der Waals surface area (Å²) in [4.78, 5) is 7.39. The van der Waals surface area contributed by atoms with Crippen molar-refractivity contribution in [3.8, 4) is 0 Å². The van der Waals surface area contributed by atoms with E-state index in [0.717, 1.165) is 25.9 Å². The summed E-state index contributed by atoms with van der Waals surface area (Å²) in [6, 6.07) is 8.68. The lowest BCUT2D eigenvalue weighted by atomic mass is 10.2. The highest BCUT2D eigenvalue weighted by Gasteiger charge is 2.05. The molecule has 2 aromatic heterocycles. The van der Waals surface area contributed by atoms with Gasteiger partial charge in [-0.25, -0.2) is 9.37 Å². The molecule has 0 fully saturated rings. The number of hydrogen-bond donors (Lipinski definition) is 2. The molecule has 3 rings (SSSR count). The molecule has 2 heterocycles. The number of H-pyrrole nitrogens is 1. The minimum Gasteiger partial charge on any atom is -0.380 e. The van der Waals surface area contributed by atoms with Gasteiger partial charge < -0.3 is 10.3 Å². The van der Waals surface area contributed by atoms with Crippen LogP contribution in [0.5, 0.6) is 0 Å². The van der Waals surface area contributed by atoms with Crippen molar-refractivity contribution in [2.45, 2.75) is 6.54 Å². The van der Waals surface area contributed by atoms with Gasteiger partial charge in [-0.1, -0.05) is 0 Å². The molecule has 96 valence electrons. The number of benzene rings is 1. The van der Waals surface area contributed by atoms with E-state index in [0.29, 0.717) is 6.54 Å². The standard InChI is InChI=1S/C14H11FIN3/c15-10-3-4-13(12(16)6-10)18-7-9-8-19-14-11(9)2-1-5-17-14/h1-6,8,18H,7H2,(H,17,19). The molecule has 0 spiro atoms. The molecule has 0 saturated carbocycles. The topological polar surface area (TPSA) is 40.7 Å². The van der Waals surface area contributed by atoms with Gasteiger partial charge in [0.2, 0.25) is 0 Å². The van der Waals surface area contributed by atoms with E-state index in [4.69, 9.17) is 0 Å². The van der Waals surface area contributed by atoms with Crippen molar-refractivity contribution in [2.24, 2.45) is 0 Å². The maximum Gasteiger partial charge on any atom is 0.137 e. The van der Waals surface area contributed by atoms with Crippen molar-refractivity contribution in [1.29, 1.82) is 0 Å². The minimum absolute atomic E-state index is 0.216. The number of fused-ring (bicyclic) bond motifs is 1. The number of nitrogens with zero attached hydrogens (tertiary/aromatic N) is 1. The van der Waals surface area contributed by atoms with Gasteiger partial charge in [0.05, 0.1) is 0 Å². The molecule has 0 radical (unpaired) electrons. The molecular formula is C14H11FIN3. The van der Waals surface area contributed by atoms with Crippen LogP contribution in [0.1, 0.15) is 5.56 Å². The van der Waals surface area contributed by atoms with Crippen LogP contribution in [0.2, 0.25) is 0 Å². The third kappa shape index (κ3) is 2.56. The fraction of sp³-hybridized carbons (Fsp3) is 0.0714. The van der Waals surface area contributed by atoms with Gasteiger partial charge in [0.15, 0.2) is 0 Å². The van der Waals surface area contributed by atoms with Crippen LogP contribution in [-0.4, -0.2) is 9.97 Å². The monoisotopic (exact) mass is 367 g/mol. The molecule has 0 unspecified atom stereocenters. The lowest BCUT2D eigenvalue weighted by molar-refractivity contribution is 0.627. The van der Waals surface area contributed by atoms with Gasteiger partial charge in [-0.3, -0.25) is 0 Å². The zero-order valence-electron chi connectivity index (χ0n) is 9.95. The van der Waals surface area contributed by atoms with E-state index >= 15 is 0 Å². The molecule has 0 amide bonds. The Hall–Kier alpha value is -1.63. The van der Waals surface area contributed by atoms with Crippen molar-refractivity contribution in [1.82, 2.24) is 9.97 Å². The average Bonchev–Trinajstić information content (AvgIpc) is 2.81. The van der Waals surface area contributed by atoms with Crippen molar-refractivity contribution in [2.75, 3.05) is 5.32 Å². The highest BCUT2D eigenvalue weighted by atomic mass is 127. The first-order valence-corrected chi connectivity index (χ1v) is 6.92. The van der Waals surface area contributed by atoms with E-state index in [2.05, 4.69) is 37.9 Å². The molecule has 0 aliphatic carbocycles. The summed E-state index contributed by atoms with van der Waals surface area (Å²) in [6.07, 6.45) is 3.71. The van der Waals surface area contributed by atoms with Gasteiger partial charge in [-0.15, -0.1) is 0 Å². The summed E-state index contributed by atoms with van der Waals surface area (Å²) in [5, 5.41) is 4.42. The Bertz CT molecular complexity index is 724. The first-order valence-electron chi connectivity index (χ1n) is 5.84. The Kier molecular flexibility index (Phi) is 3.37. The van der Waals surface area contributed by atoms with E-state index in [1.165, 1.54) is 12.1 Å². The second kappa shape index (κ2) is 5.16. The van der Waals surface area contributed by atoms with Crippen LogP contribution in [0.15, 0.2) is 42.7 Å². The first kappa shape index (κ1) is 12.4. The minimum atomic E-state index is -0.216. The lowest BCUT2D eigenvalue weighted by Crippen LogP contribution is -2.00. The van der Waals surface area contributed by atoms with Crippen LogP contribution in [0.3, 0.4) is 0 Å². The van der Waals surface area contributed by atoms with Gasteiger partial charge in [0.1, 0.15) is 11.5 Å². The molecule has 1 aromatic carbocycles. The maximum absolute atomic E-state index is 13.0. The van der Waals surface area contributed by atoms with Crippen LogP contribution in [0.25, 0.3) is 11.0 Å². The second-order valence-corrected chi connectivity index (χ2v) is 5.35. The molecule has 0 bridgehead atoms. The van der Waals surface area contributed by atoms with Gasteiger partial charge >= 0.3 is 0 Å². The number of pyridine rings is 1. The lowest BCUT2D eigenvalue weighted by Gasteiger charge is -2.07. The fourth-order valence-corrected chi connectivity index (χ4v) is 2.65. The third-order valence-electron chi connectivity index (χ3n) is 2.94. The summed E-state index contributed by atoms with van der Waals surface area (Å²) < 4.78 is 13.9. The highest BCUT2D eigenvalue weighted by Crippen LogP contribution is 2.21. The van der Waals surface area contributed by atoms with Crippen LogP contribution in [0.4, 0.5) is 10.1 Å². The van der Waals surface area contributed by atoms with Crippen molar-refractivity contribution in [3.05, 3.63) is 57.7 Å². The summed E-state index contributed by atoms with van der Waals surface area (Å²) in [6.45, 7) is 0.674. The molecule has 3 aromatic rings. The number of aromatic nitrogens is 2. The van der Waals surface area contributed by atoms with Gasteiger partial charge in [0, 0.05) is 33.6 Å². The number of anilines is 1. The molecule has 5 heteroatoms. The maximum atomic E-state index is 13.0.